The monoisotopic (exact) mass is 289 g/mol. The Morgan fingerprint density at radius 1 is 1.00 bits per heavy atom. The number of benzene rings is 2. The van der Waals surface area contributed by atoms with Crippen molar-refractivity contribution in [1.29, 1.82) is 0 Å². The fourth-order valence-corrected chi connectivity index (χ4v) is 3.05. The lowest BCUT2D eigenvalue weighted by Crippen LogP contribution is -2.01. The van der Waals surface area contributed by atoms with Crippen LogP contribution >= 0.6 is 0 Å². The number of rotatable bonds is 6. The molecule has 1 unspecified atom stereocenters. The molecule has 0 bridgehead atoms. The van der Waals surface area contributed by atoms with Crippen molar-refractivity contribution in [3.8, 4) is 0 Å². The van der Waals surface area contributed by atoms with E-state index in [1.54, 1.807) is 0 Å². The molecule has 0 amide bonds. The maximum atomic E-state index is 4.53. The number of nitrogens with zero attached hydrogens (tertiary/aromatic N) is 1. The van der Waals surface area contributed by atoms with Crippen molar-refractivity contribution >= 4 is 12.3 Å². The minimum absolute atomic E-state index is 0.386. The molecule has 3 rings (SSSR count). The number of fused-ring (bicyclic) bond motifs is 1. The lowest BCUT2D eigenvalue weighted by atomic mass is 9.89. The Labute approximate surface area is 133 Å². The highest BCUT2D eigenvalue weighted by Crippen LogP contribution is 2.36. The van der Waals surface area contributed by atoms with E-state index >= 15 is 0 Å². The molecule has 2 aromatic rings. The zero-order valence-electron chi connectivity index (χ0n) is 13.2. The molecule has 0 saturated heterocycles. The van der Waals surface area contributed by atoms with Crippen LogP contribution in [0.2, 0.25) is 0 Å². The van der Waals surface area contributed by atoms with Crippen LogP contribution in [0.25, 0.3) is 6.08 Å². The van der Waals surface area contributed by atoms with Crippen molar-refractivity contribution in [2.75, 3.05) is 6.54 Å². The van der Waals surface area contributed by atoms with E-state index in [0.717, 1.165) is 13.0 Å². The summed E-state index contributed by atoms with van der Waals surface area (Å²) in [5, 5.41) is 0. The second-order valence-corrected chi connectivity index (χ2v) is 5.81. The molecule has 0 heterocycles. The Morgan fingerprint density at radius 2 is 1.77 bits per heavy atom. The molecule has 1 nitrogen and oxygen atoms in total. The van der Waals surface area contributed by atoms with Gasteiger partial charge in [0.05, 0.1) is 0 Å². The lowest BCUT2D eigenvalue weighted by Gasteiger charge is -2.15. The molecule has 0 spiro atoms. The topological polar surface area (TPSA) is 12.4 Å². The van der Waals surface area contributed by atoms with Gasteiger partial charge in [0.1, 0.15) is 0 Å². The summed E-state index contributed by atoms with van der Waals surface area (Å²) in [6, 6.07) is 17.4. The second-order valence-electron chi connectivity index (χ2n) is 5.81. The van der Waals surface area contributed by atoms with Crippen LogP contribution in [0.15, 0.2) is 59.6 Å². The molecule has 112 valence electrons. The Hall–Kier alpha value is -2.15. The maximum absolute atomic E-state index is 4.53. The number of hydrogen-bond donors (Lipinski definition) is 0. The van der Waals surface area contributed by atoms with E-state index in [9.17, 15) is 0 Å². The highest BCUT2D eigenvalue weighted by Gasteiger charge is 2.20. The van der Waals surface area contributed by atoms with E-state index in [4.69, 9.17) is 0 Å². The lowest BCUT2D eigenvalue weighted by molar-refractivity contribution is 0.809. The predicted molar refractivity (Wildman–Crippen MR) is 95.7 cm³/mol. The second kappa shape index (κ2) is 7.22. The van der Waals surface area contributed by atoms with Crippen molar-refractivity contribution < 1.29 is 0 Å². The normalized spacial score (nSPS) is 16.3. The van der Waals surface area contributed by atoms with Gasteiger partial charge in [-0.25, -0.2) is 0 Å². The molecular formula is C21H23N. The molecular weight excluding hydrogens is 266 g/mol. The van der Waals surface area contributed by atoms with E-state index in [1.165, 1.54) is 35.1 Å². The summed E-state index contributed by atoms with van der Waals surface area (Å²) in [5.41, 5.74) is 5.55. The summed E-state index contributed by atoms with van der Waals surface area (Å²) >= 11 is 0. The van der Waals surface area contributed by atoms with Gasteiger partial charge in [0.2, 0.25) is 0 Å². The minimum Gasteiger partial charge on any atom is -0.297 e. The van der Waals surface area contributed by atoms with E-state index in [2.05, 4.69) is 78.8 Å². The van der Waals surface area contributed by atoms with Crippen LogP contribution in [0, 0.1) is 0 Å². The molecule has 0 aromatic heterocycles. The van der Waals surface area contributed by atoms with Gasteiger partial charge in [-0.15, -0.1) is 0 Å². The van der Waals surface area contributed by atoms with Crippen LogP contribution in [0.1, 0.15) is 47.9 Å². The Balaban J connectivity index is 1.81. The highest BCUT2D eigenvalue weighted by molar-refractivity contribution is 5.68. The van der Waals surface area contributed by atoms with Crippen LogP contribution in [-0.2, 0) is 6.42 Å². The van der Waals surface area contributed by atoms with Crippen molar-refractivity contribution in [2.45, 2.75) is 32.1 Å². The molecule has 0 saturated carbocycles. The summed E-state index contributed by atoms with van der Waals surface area (Å²) in [6.07, 6.45) is 9.95. The molecule has 0 N–H and O–H groups in total. The Bertz CT molecular complexity index is 682. The summed E-state index contributed by atoms with van der Waals surface area (Å²) in [6.45, 7) is 3.15. The van der Waals surface area contributed by atoms with Gasteiger partial charge in [0.15, 0.2) is 0 Å². The Kier molecular flexibility index (Phi) is 4.85. The van der Waals surface area contributed by atoms with E-state index in [0.29, 0.717) is 5.92 Å². The van der Waals surface area contributed by atoms with Gasteiger partial charge in [-0.2, -0.15) is 0 Å². The van der Waals surface area contributed by atoms with Crippen LogP contribution < -0.4 is 0 Å². The minimum atomic E-state index is 0.386. The maximum Gasteiger partial charge on any atom is 0.0385 e. The largest absolute Gasteiger partial charge is 0.297 e. The Morgan fingerprint density at radius 3 is 2.64 bits per heavy atom. The highest BCUT2D eigenvalue weighted by atomic mass is 14.7. The number of hydrogen-bond acceptors (Lipinski definition) is 1. The summed E-state index contributed by atoms with van der Waals surface area (Å²) in [7, 11) is 0. The quantitative estimate of drug-likeness (QED) is 0.508. The summed E-state index contributed by atoms with van der Waals surface area (Å²) in [5.74, 6) is 0.386. The van der Waals surface area contributed by atoms with E-state index in [1.807, 2.05) is 0 Å². The van der Waals surface area contributed by atoms with Crippen LogP contribution in [0.3, 0.4) is 0 Å². The van der Waals surface area contributed by atoms with Gasteiger partial charge in [-0.1, -0.05) is 74.0 Å². The molecule has 0 radical (unpaired) electrons. The molecule has 22 heavy (non-hydrogen) atoms. The third kappa shape index (κ3) is 3.19. The van der Waals surface area contributed by atoms with Gasteiger partial charge < -0.3 is 0 Å². The van der Waals surface area contributed by atoms with E-state index < -0.39 is 0 Å². The zero-order chi connectivity index (χ0) is 15.2. The first kappa shape index (κ1) is 14.8. The van der Waals surface area contributed by atoms with Crippen LogP contribution in [0.4, 0.5) is 0 Å². The summed E-state index contributed by atoms with van der Waals surface area (Å²) < 4.78 is 0. The van der Waals surface area contributed by atoms with Crippen molar-refractivity contribution in [2.24, 2.45) is 4.99 Å². The number of aliphatic imine (C=N–C) groups is 1. The fraction of sp³-hybridized carbons (Fsp3) is 0.286. The van der Waals surface area contributed by atoms with Gasteiger partial charge in [-0.05, 0) is 28.7 Å². The first-order valence-corrected chi connectivity index (χ1v) is 8.23. The first-order valence-electron chi connectivity index (χ1n) is 8.23. The third-order valence-corrected chi connectivity index (χ3v) is 4.27. The molecule has 1 aliphatic rings. The molecule has 1 atom stereocenters. The summed E-state index contributed by atoms with van der Waals surface area (Å²) in [4.78, 5) is 4.53. The smallest absolute Gasteiger partial charge is 0.0385 e. The standard InChI is InChI=1S/C21H23N/c1-2-3-15-22-16-14-18-9-5-7-11-20(18)21-13-12-17-8-4-6-10-19(17)21/h4-13,16,21H,2-3,14-15H2,1H3. The molecule has 1 heteroatoms. The van der Waals surface area contributed by atoms with Crippen LogP contribution in [0.5, 0.6) is 0 Å². The SMILES string of the molecule is CCCCN=CCc1ccccc1C1C=Cc2ccccc21. The average molecular weight is 289 g/mol. The van der Waals surface area contributed by atoms with Gasteiger partial charge in [0.25, 0.3) is 0 Å². The molecule has 1 aliphatic carbocycles. The first-order chi connectivity index (χ1) is 10.9. The average Bonchev–Trinajstić information content (AvgIpc) is 2.99. The van der Waals surface area contributed by atoms with Gasteiger partial charge >= 0.3 is 0 Å². The third-order valence-electron chi connectivity index (χ3n) is 4.27. The van der Waals surface area contributed by atoms with Crippen molar-refractivity contribution in [1.82, 2.24) is 0 Å². The molecule has 2 aromatic carbocycles. The predicted octanol–water partition coefficient (Wildman–Crippen LogP) is 5.26. The number of unbranched alkanes of at least 4 members (excludes halogenated alkanes) is 1. The van der Waals surface area contributed by atoms with Gasteiger partial charge in [0, 0.05) is 25.1 Å². The van der Waals surface area contributed by atoms with E-state index in [-0.39, 0.29) is 0 Å². The fourth-order valence-electron chi connectivity index (χ4n) is 3.05. The van der Waals surface area contributed by atoms with Crippen molar-refractivity contribution in [3.05, 3.63) is 76.9 Å². The zero-order valence-corrected chi connectivity index (χ0v) is 13.2. The van der Waals surface area contributed by atoms with Gasteiger partial charge in [-0.3, -0.25) is 4.99 Å². The van der Waals surface area contributed by atoms with Crippen molar-refractivity contribution in [3.63, 3.8) is 0 Å². The van der Waals surface area contributed by atoms with Crippen LogP contribution in [-0.4, -0.2) is 12.8 Å². The number of allylic oxidation sites excluding steroid dienone is 1. The molecule has 0 fully saturated rings. The molecule has 0 aliphatic heterocycles.